The van der Waals surface area contributed by atoms with Crippen LogP contribution in [0.3, 0.4) is 0 Å². The van der Waals surface area contributed by atoms with Crippen LogP contribution in [-0.2, 0) is 23.5 Å². The summed E-state index contributed by atoms with van der Waals surface area (Å²) in [5.74, 6) is -1.60. The lowest BCUT2D eigenvalue weighted by atomic mass is 9.82. The van der Waals surface area contributed by atoms with Crippen LogP contribution in [0.5, 0.6) is 0 Å². The van der Waals surface area contributed by atoms with E-state index in [2.05, 4.69) is 40.4 Å². The molecule has 3 aliphatic heterocycles. The average Bonchev–Trinajstić information content (AvgIpc) is 3.30. The third-order valence-electron chi connectivity index (χ3n) is 8.39. The van der Waals surface area contributed by atoms with Gasteiger partial charge in [0.2, 0.25) is 5.91 Å². The molecule has 10 heteroatoms. The number of β-lactam (4-membered cyclic amide) rings is 1. The van der Waals surface area contributed by atoms with Crippen molar-refractivity contribution >= 4 is 26.3 Å². The summed E-state index contributed by atoms with van der Waals surface area (Å²) in [5.41, 5.74) is 0.861. The van der Waals surface area contributed by atoms with Crippen LogP contribution >= 0.6 is 0 Å². The van der Waals surface area contributed by atoms with Crippen LogP contribution in [-0.4, -0.2) is 86.2 Å². The van der Waals surface area contributed by atoms with Crippen molar-refractivity contribution in [1.82, 2.24) is 9.80 Å². The molecule has 0 spiro atoms. The number of carboxylic acid groups (broad SMARTS) is 1. The molecule has 5 atom stereocenters. The summed E-state index contributed by atoms with van der Waals surface area (Å²) in [7, 11) is -0.506. The fourth-order valence-electron chi connectivity index (χ4n) is 5.55. The Morgan fingerprint density at radius 1 is 1.31 bits per heavy atom. The Bertz CT molecular complexity index is 926. The largest absolute Gasteiger partial charge is 0.477 e. The summed E-state index contributed by atoms with van der Waals surface area (Å²) in [5, 5.41) is 10.0. The van der Waals surface area contributed by atoms with E-state index in [1.165, 1.54) is 11.0 Å². The monoisotopic (exact) mass is 522 g/mol. The van der Waals surface area contributed by atoms with Gasteiger partial charge in [0.15, 0.2) is 8.32 Å². The van der Waals surface area contributed by atoms with E-state index >= 15 is 0 Å². The first-order valence-electron chi connectivity index (χ1n) is 12.7. The summed E-state index contributed by atoms with van der Waals surface area (Å²) < 4.78 is 17.1. The van der Waals surface area contributed by atoms with E-state index in [0.29, 0.717) is 32.4 Å². The van der Waals surface area contributed by atoms with Crippen molar-refractivity contribution in [3.05, 3.63) is 23.9 Å². The standard InChI is InChI=1S/C26H42N2O7Si/c1-9-12-34-25(32)27-11-10-17(20(27)15-33-6)13-18-14-19-21(23(29)28(19)22(18)24(30)31)16(2)35-36(7,8)26(3,4)5/h9,16-17,19-21H,1,10-15H2,2-8H3,(H,30,31)/t16-,17?,19-,20?,21-/m1/s1. The quantitative estimate of drug-likeness (QED) is 0.262. The molecule has 0 saturated carbocycles. The molecule has 3 aliphatic rings. The molecule has 2 saturated heterocycles. The van der Waals surface area contributed by atoms with Gasteiger partial charge in [-0.3, -0.25) is 4.79 Å². The van der Waals surface area contributed by atoms with Gasteiger partial charge >= 0.3 is 12.1 Å². The van der Waals surface area contributed by atoms with Crippen LogP contribution < -0.4 is 0 Å². The molecule has 3 heterocycles. The normalized spacial score (nSPS) is 27.1. The number of carboxylic acids is 1. The van der Waals surface area contributed by atoms with E-state index in [4.69, 9.17) is 13.9 Å². The number of carbonyl (C=O) groups excluding carboxylic acids is 2. The average molecular weight is 523 g/mol. The molecule has 36 heavy (non-hydrogen) atoms. The predicted molar refractivity (Wildman–Crippen MR) is 138 cm³/mol. The molecule has 2 fully saturated rings. The van der Waals surface area contributed by atoms with Gasteiger partial charge in [0.1, 0.15) is 12.3 Å². The predicted octanol–water partition coefficient (Wildman–Crippen LogP) is 4.02. The minimum absolute atomic E-state index is 0.0105. The van der Waals surface area contributed by atoms with E-state index in [-0.39, 0.29) is 53.3 Å². The number of aliphatic carboxylic acids is 1. The molecule has 3 rings (SSSR count). The molecule has 0 aromatic heterocycles. The number of ether oxygens (including phenoxy) is 2. The zero-order valence-corrected chi connectivity index (χ0v) is 23.7. The Labute approximate surface area is 215 Å². The summed E-state index contributed by atoms with van der Waals surface area (Å²) >= 11 is 0. The van der Waals surface area contributed by atoms with Gasteiger partial charge in [-0.25, -0.2) is 9.59 Å². The molecule has 0 radical (unpaired) electrons. The molecule has 1 N–H and O–H groups in total. The smallest absolute Gasteiger partial charge is 0.410 e. The van der Waals surface area contributed by atoms with Gasteiger partial charge in [-0.15, -0.1) is 0 Å². The maximum absolute atomic E-state index is 13.2. The Morgan fingerprint density at radius 3 is 2.53 bits per heavy atom. The second-order valence-electron chi connectivity index (χ2n) is 11.7. The van der Waals surface area contributed by atoms with Crippen molar-refractivity contribution in [2.24, 2.45) is 11.8 Å². The molecular formula is C26H42N2O7Si. The summed E-state index contributed by atoms with van der Waals surface area (Å²) in [6.45, 7) is 17.3. The van der Waals surface area contributed by atoms with E-state index in [9.17, 15) is 19.5 Å². The molecule has 2 amide bonds. The number of nitrogens with zero attached hydrogens (tertiary/aromatic N) is 2. The van der Waals surface area contributed by atoms with Crippen LogP contribution in [0.4, 0.5) is 4.79 Å². The molecular weight excluding hydrogens is 480 g/mol. The van der Waals surface area contributed by atoms with Gasteiger partial charge in [0.05, 0.1) is 30.7 Å². The maximum Gasteiger partial charge on any atom is 0.410 e. The summed E-state index contributed by atoms with van der Waals surface area (Å²) in [6, 6.07) is -0.426. The Hall–Kier alpha value is -2.17. The first kappa shape index (κ1) is 28.4. The maximum atomic E-state index is 13.2. The summed E-state index contributed by atoms with van der Waals surface area (Å²) in [4.78, 5) is 41.1. The fraction of sp³-hybridized carbons (Fsp3) is 0.731. The second-order valence-corrected chi connectivity index (χ2v) is 16.4. The van der Waals surface area contributed by atoms with Crippen molar-refractivity contribution in [2.45, 2.75) is 83.3 Å². The number of amides is 2. The van der Waals surface area contributed by atoms with Gasteiger partial charge in [-0.2, -0.15) is 0 Å². The van der Waals surface area contributed by atoms with E-state index < -0.39 is 20.4 Å². The topological polar surface area (TPSA) is 106 Å². The minimum Gasteiger partial charge on any atom is -0.477 e. The zero-order valence-electron chi connectivity index (χ0n) is 22.7. The fourth-order valence-corrected chi connectivity index (χ4v) is 6.98. The highest BCUT2D eigenvalue weighted by molar-refractivity contribution is 6.74. The lowest BCUT2D eigenvalue weighted by Crippen LogP contribution is -2.63. The molecule has 9 nitrogen and oxygen atoms in total. The van der Waals surface area contributed by atoms with Crippen molar-refractivity contribution in [3.63, 3.8) is 0 Å². The highest BCUT2D eigenvalue weighted by atomic mass is 28.4. The van der Waals surface area contributed by atoms with Crippen molar-refractivity contribution in [2.75, 3.05) is 26.9 Å². The van der Waals surface area contributed by atoms with E-state index in [0.717, 1.165) is 5.57 Å². The third kappa shape index (κ3) is 5.26. The van der Waals surface area contributed by atoms with E-state index in [1.54, 1.807) is 12.0 Å². The first-order chi connectivity index (χ1) is 16.7. The van der Waals surface area contributed by atoms with Crippen LogP contribution in [0, 0.1) is 11.8 Å². The van der Waals surface area contributed by atoms with Gasteiger partial charge in [-0.1, -0.05) is 33.4 Å². The molecule has 0 bridgehead atoms. The highest BCUT2D eigenvalue weighted by Gasteiger charge is 2.58. The van der Waals surface area contributed by atoms with Gasteiger partial charge in [-0.05, 0) is 55.8 Å². The molecule has 2 unspecified atom stereocenters. The number of likely N-dealkylation sites (tertiary alicyclic amines) is 1. The Balaban J connectivity index is 1.76. The highest BCUT2D eigenvalue weighted by Crippen LogP contribution is 2.48. The number of fused-ring (bicyclic) bond motifs is 1. The van der Waals surface area contributed by atoms with Gasteiger partial charge < -0.3 is 28.8 Å². The lowest BCUT2D eigenvalue weighted by molar-refractivity contribution is -0.160. The first-order valence-corrected chi connectivity index (χ1v) is 15.6. The van der Waals surface area contributed by atoms with E-state index in [1.807, 2.05) is 6.92 Å². The number of rotatable bonds is 10. The summed E-state index contributed by atoms with van der Waals surface area (Å²) in [6.07, 6.45) is 2.53. The SMILES string of the molecule is C=CCOC(=O)N1CCC(CC2=C(C(=O)O)N3C(=O)[C@H]([C@@H](C)O[Si](C)(C)C(C)(C)C)[C@H]3C2)C1COC. The van der Waals surface area contributed by atoms with Crippen molar-refractivity contribution in [3.8, 4) is 0 Å². The lowest BCUT2D eigenvalue weighted by Gasteiger charge is -2.48. The third-order valence-corrected chi connectivity index (χ3v) is 13.0. The van der Waals surface area contributed by atoms with Gasteiger partial charge in [0.25, 0.3) is 0 Å². The zero-order chi connectivity index (χ0) is 27.0. The van der Waals surface area contributed by atoms with Gasteiger partial charge in [0, 0.05) is 13.7 Å². The van der Waals surface area contributed by atoms with Crippen molar-refractivity contribution in [1.29, 1.82) is 0 Å². The Morgan fingerprint density at radius 2 is 1.97 bits per heavy atom. The second kappa shape index (κ2) is 10.7. The molecule has 202 valence electrons. The number of hydrogen-bond donors (Lipinski definition) is 1. The van der Waals surface area contributed by atoms with Crippen LogP contribution in [0.15, 0.2) is 23.9 Å². The molecule has 0 aliphatic carbocycles. The van der Waals surface area contributed by atoms with Crippen LogP contribution in [0.2, 0.25) is 18.1 Å². The van der Waals surface area contributed by atoms with Crippen LogP contribution in [0.25, 0.3) is 0 Å². The molecule has 0 aromatic carbocycles. The number of methoxy groups -OCH3 is 1. The minimum atomic E-state index is -2.09. The van der Waals surface area contributed by atoms with Crippen molar-refractivity contribution < 1.29 is 33.4 Å². The molecule has 0 aromatic rings. The van der Waals surface area contributed by atoms with Crippen LogP contribution in [0.1, 0.15) is 47.0 Å². The Kier molecular flexibility index (Phi) is 8.42. The number of hydrogen-bond acceptors (Lipinski definition) is 6. The number of carbonyl (C=O) groups is 3.